The fourth-order valence-electron chi connectivity index (χ4n) is 3.30. The summed E-state index contributed by atoms with van der Waals surface area (Å²) in [6.07, 6.45) is 4.22. The SMILES string of the molecule is CC1CCCC(n2c(CCl)nc3ccc(F)c(F)c32)C1. The smallest absolute Gasteiger partial charge is 0.184 e. The minimum atomic E-state index is -0.830. The first-order chi connectivity index (χ1) is 9.61. The fraction of sp³-hybridized carbons (Fsp3) is 0.533. The molecule has 0 amide bonds. The highest BCUT2D eigenvalue weighted by Gasteiger charge is 2.26. The number of alkyl halides is 1. The maximum absolute atomic E-state index is 14.2. The first-order valence-corrected chi connectivity index (χ1v) is 7.56. The minimum absolute atomic E-state index is 0.161. The Bertz CT molecular complexity index is 638. The molecule has 1 aromatic carbocycles. The molecule has 0 spiro atoms. The van der Waals surface area contributed by atoms with E-state index < -0.39 is 11.6 Å². The van der Waals surface area contributed by atoms with Crippen LogP contribution in [0.1, 0.15) is 44.5 Å². The Labute approximate surface area is 121 Å². The third-order valence-corrected chi connectivity index (χ3v) is 4.45. The predicted octanol–water partition coefficient (Wildman–Crippen LogP) is 4.80. The quantitative estimate of drug-likeness (QED) is 0.728. The zero-order chi connectivity index (χ0) is 14.3. The van der Waals surface area contributed by atoms with Crippen LogP contribution < -0.4 is 0 Å². The Morgan fingerprint density at radius 1 is 1.35 bits per heavy atom. The van der Waals surface area contributed by atoms with E-state index in [4.69, 9.17) is 11.6 Å². The van der Waals surface area contributed by atoms with Crippen LogP contribution >= 0.6 is 11.6 Å². The summed E-state index contributed by atoms with van der Waals surface area (Å²) < 4.78 is 29.5. The van der Waals surface area contributed by atoms with Crippen LogP contribution in [-0.4, -0.2) is 9.55 Å². The molecule has 0 saturated heterocycles. The minimum Gasteiger partial charge on any atom is -0.321 e. The molecule has 5 heteroatoms. The number of aromatic nitrogens is 2. The second-order valence-corrected chi connectivity index (χ2v) is 5.95. The van der Waals surface area contributed by atoms with Crippen LogP contribution in [0.5, 0.6) is 0 Å². The van der Waals surface area contributed by atoms with Crippen LogP contribution in [0.15, 0.2) is 12.1 Å². The van der Waals surface area contributed by atoms with E-state index in [9.17, 15) is 8.78 Å². The van der Waals surface area contributed by atoms with Gasteiger partial charge in [0.15, 0.2) is 11.6 Å². The summed E-state index contributed by atoms with van der Waals surface area (Å²) in [6.45, 7) is 2.20. The summed E-state index contributed by atoms with van der Waals surface area (Å²) in [6, 6.07) is 2.80. The molecule has 1 aliphatic rings. The number of imidazole rings is 1. The number of rotatable bonds is 2. The van der Waals surface area contributed by atoms with Crippen LogP contribution in [0.3, 0.4) is 0 Å². The highest BCUT2D eigenvalue weighted by molar-refractivity contribution is 6.16. The average molecular weight is 299 g/mol. The first-order valence-electron chi connectivity index (χ1n) is 7.02. The van der Waals surface area contributed by atoms with E-state index in [1.807, 2.05) is 4.57 Å². The molecule has 2 aromatic rings. The molecular formula is C15H17ClF2N2. The van der Waals surface area contributed by atoms with Crippen molar-refractivity contribution >= 4 is 22.6 Å². The van der Waals surface area contributed by atoms with Gasteiger partial charge < -0.3 is 4.57 Å². The van der Waals surface area contributed by atoms with Gasteiger partial charge in [-0.1, -0.05) is 19.8 Å². The summed E-state index contributed by atoms with van der Waals surface area (Å²) >= 11 is 5.95. The van der Waals surface area contributed by atoms with Gasteiger partial charge in [0.25, 0.3) is 0 Å². The Morgan fingerprint density at radius 3 is 2.85 bits per heavy atom. The topological polar surface area (TPSA) is 17.8 Å². The fourth-order valence-corrected chi connectivity index (χ4v) is 3.48. The number of hydrogen-bond acceptors (Lipinski definition) is 1. The van der Waals surface area contributed by atoms with Gasteiger partial charge in [-0.05, 0) is 30.9 Å². The molecule has 108 valence electrons. The summed E-state index contributed by atoms with van der Waals surface area (Å²) in [5, 5.41) is 0. The van der Waals surface area contributed by atoms with E-state index in [1.54, 1.807) is 0 Å². The largest absolute Gasteiger partial charge is 0.321 e. The number of halogens is 3. The van der Waals surface area contributed by atoms with Gasteiger partial charge in [0, 0.05) is 6.04 Å². The van der Waals surface area contributed by atoms with E-state index in [0.717, 1.165) is 25.3 Å². The number of benzene rings is 1. The van der Waals surface area contributed by atoms with Crippen molar-refractivity contribution in [1.82, 2.24) is 9.55 Å². The van der Waals surface area contributed by atoms with Crippen molar-refractivity contribution in [3.05, 3.63) is 29.6 Å². The van der Waals surface area contributed by atoms with E-state index in [-0.39, 0.29) is 17.4 Å². The molecule has 3 rings (SSSR count). The first kappa shape index (κ1) is 13.8. The summed E-state index contributed by atoms with van der Waals surface area (Å²) in [5.41, 5.74) is 0.748. The molecule has 1 fully saturated rings. The van der Waals surface area contributed by atoms with Gasteiger partial charge in [-0.2, -0.15) is 0 Å². The third kappa shape index (κ3) is 2.20. The van der Waals surface area contributed by atoms with Gasteiger partial charge in [-0.15, -0.1) is 11.6 Å². The number of hydrogen-bond donors (Lipinski definition) is 0. The van der Waals surface area contributed by atoms with Crippen LogP contribution in [0.4, 0.5) is 8.78 Å². The molecule has 20 heavy (non-hydrogen) atoms. The normalized spacial score (nSPS) is 23.4. The van der Waals surface area contributed by atoms with Gasteiger partial charge in [0.1, 0.15) is 11.3 Å². The Morgan fingerprint density at radius 2 is 2.15 bits per heavy atom. The Hall–Kier alpha value is -1.16. The second-order valence-electron chi connectivity index (χ2n) is 5.69. The maximum atomic E-state index is 14.2. The molecule has 1 aliphatic carbocycles. The molecule has 1 heterocycles. The van der Waals surface area contributed by atoms with E-state index >= 15 is 0 Å². The van der Waals surface area contributed by atoms with Crippen LogP contribution in [0.2, 0.25) is 0 Å². The Kier molecular flexibility index (Phi) is 3.67. The molecule has 2 atom stereocenters. The molecular weight excluding hydrogens is 282 g/mol. The van der Waals surface area contributed by atoms with Gasteiger partial charge in [0.05, 0.1) is 11.4 Å². The van der Waals surface area contributed by atoms with Crippen LogP contribution in [0.25, 0.3) is 11.0 Å². The van der Waals surface area contributed by atoms with Crippen molar-refractivity contribution in [2.75, 3.05) is 0 Å². The molecule has 0 radical (unpaired) electrons. The van der Waals surface area contributed by atoms with Crippen LogP contribution in [0, 0.1) is 17.6 Å². The van der Waals surface area contributed by atoms with Crippen molar-refractivity contribution in [3.63, 3.8) is 0 Å². The molecule has 2 nitrogen and oxygen atoms in total. The predicted molar refractivity (Wildman–Crippen MR) is 75.9 cm³/mol. The Balaban J connectivity index is 2.18. The highest BCUT2D eigenvalue weighted by atomic mass is 35.5. The van der Waals surface area contributed by atoms with Crippen molar-refractivity contribution < 1.29 is 8.78 Å². The molecule has 2 unspecified atom stereocenters. The average Bonchev–Trinajstić information content (AvgIpc) is 2.82. The lowest BCUT2D eigenvalue weighted by molar-refractivity contribution is 0.282. The summed E-state index contributed by atoms with van der Waals surface area (Å²) in [4.78, 5) is 4.36. The lowest BCUT2D eigenvalue weighted by atomic mass is 9.87. The van der Waals surface area contributed by atoms with Crippen molar-refractivity contribution in [3.8, 4) is 0 Å². The maximum Gasteiger partial charge on any atom is 0.184 e. The van der Waals surface area contributed by atoms with Crippen molar-refractivity contribution in [2.24, 2.45) is 5.92 Å². The highest BCUT2D eigenvalue weighted by Crippen LogP contribution is 2.36. The zero-order valence-electron chi connectivity index (χ0n) is 11.4. The third-order valence-electron chi connectivity index (χ3n) is 4.21. The van der Waals surface area contributed by atoms with Gasteiger partial charge in [-0.3, -0.25) is 0 Å². The second kappa shape index (κ2) is 5.32. The zero-order valence-corrected chi connectivity index (χ0v) is 12.1. The molecule has 0 bridgehead atoms. The molecule has 0 N–H and O–H groups in total. The lowest BCUT2D eigenvalue weighted by Crippen LogP contribution is -2.19. The monoisotopic (exact) mass is 298 g/mol. The summed E-state index contributed by atoms with van der Waals surface area (Å²) in [7, 11) is 0. The standard InChI is InChI=1S/C15H17ClF2N2/c1-9-3-2-4-10(7-9)20-13(8-16)19-12-6-5-11(17)14(18)15(12)20/h5-6,9-10H,2-4,7-8H2,1H3. The van der Waals surface area contributed by atoms with E-state index in [0.29, 0.717) is 17.3 Å². The number of fused-ring (bicyclic) bond motifs is 1. The van der Waals surface area contributed by atoms with Crippen molar-refractivity contribution in [1.29, 1.82) is 0 Å². The summed E-state index contributed by atoms with van der Waals surface area (Å²) in [5.74, 6) is -0.217. The van der Waals surface area contributed by atoms with Crippen molar-refractivity contribution in [2.45, 2.75) is 44.5 Å². The van der Waals surface area contributed by atoms with Gasteiger partial charge in [-0.25, -0.2) is 13.8 Å². The van der Waals surface area contributed by atoms with Gasteiger partial charge in [0.2, 0.25) is 0 Å². The van der Waals surface area contributed by atoms with E-state index in [1.165, 1.54) is 12.5 Å². The van der Waals surface area contributed by atoms with Gasteiger partial charge >= 0.3 is 0 Å². The lowest BCUT2D eigenvalue weighted by Gasteiger charge is -2.29. The van der Waals surface area contributed by atoms with Crippen LogP contribution in [-0.2, 0) is 5.88 Å². The number of nitrogens with zero attached hydrogens (tertiary/aromatic N) is 2. The molecule has 1 aromatic heterocycles. The van der Waals surface area contributed by atoms with E-state index in [2.05, 4.69) is 11.9 Å². The molecule has 0 aliphatic heterocycles. The molecule has 1 saturated carbocycles.